The van der Waals surface area contributed by atoms with Crippen molar-refractivity contribution in [1.82, 2.24) is 4.90 Å². The highest BCUT2D eigenvalue weighted by molar-refractivity contribution is 6.15. The molecular weight excluding hydrogens is 422 g/mol. The van der Waals surface area contributed by atoms with Gasteiger partial charge in [-0.15, -0.1) is 0 Å². The Morgan fingerprint density at radius 1 is 0.909 bits per heavy atom. The summed E-state index contributed by atoms with van der Waals surface area (Å²) in [5.74, 6) is -2.65. The highest BCUT2D eigenvalue weighted by Gasteiger charge is 2.38. The maximum Gasteiger partial charge on any atom is 0.350 e. The van der Waals surface area contributed by atoms with Crippen molar-refractivity contribution in [2.45, 2.75) is 26.6 Å². The van der Waals surface area contributed by atoms with Crippen LogP contribution >= 0.6 is 0 Å². The Labute approximate surface area is 192 Å². The summed E-state index contributed by atoms with van der Waals surface area (Å²) in [5, 5.41) is 2.94. The molecule has 0 spiro atoms. The number of nitrogens with zero attached hydrogens (tertiary/aromatic N) is 2. The van der Waals surface area contributed by atoms with E-state index >= 15 is 0 Å². The van der Waals surface area contributed by atoms with E-state index in [9.17, 15) is 14.4 Å². The first-order valence-electron chi connectivity index (χ1n) is 10.9. The van der Waals surface area contributed by atoms with Crippen molar-refractivity contribution in [3.05, 3.63) is 71.4 Å². The SMILES string of the molecule is Cc1ccc(C(=O)N2CCN(c3ccc(NC=C4C(=O)OC(C)(C)OC4=O)cc3)CC2)cc1. The van der Waals surface area contributed by atoms with E-state index in [-0.39, 0.29) is 11.5 Å². The van der Waals surface area contributed by atoms with Crippen molar-refractivity contribution in [1.29, 1.82) is 0 Å². The van der Waals surface area contributed by atoms with Gasteiger partial charge in [0.2, 0.25) is 0 Å². The molecule has 0 aliphatic carbocycles. The van der Waals surface area contributed by atoms with Crippen molar-refractivity contribution >= 4 is 29.2 Å². The highest BCUT2D eigenvalue weighted by atomic mass is 16.7. The molecule has 172 valence electrons. The van der Waals surface area contributed by atoms with Gasteiger partial charge in [-0.1, -0.05) is 17.7 Å². The fraction of sp³-hybridized carbons (Fsp3) is 0.320. The van der Waals surface area contributed by atoms with Gasteiger partial charge in [0.05, 0.1) is 0 Å². The predicted octanol–water partition coefficient (Wildman–Crippen LogP) is 3.09. The van der Waals surface area contributed by atoms with Crippen molar-refractivity contribution in [3.8, 4) is 0 Å². The van der Waals surface area contributed by atoms with Crippen LogP contribution in [0.25, 0.3) is 0 Å². The molecule has 8 nitrogen and oxygen atoms in total. The van der Waals surface area contributed by atoms with E-state index in [2.05, 4.69) is 10.2 Å². The van der Waals surface area contributed by atoms with Gasteiger partial charge in [0.15, 0.2) is 5.57 Å². The third-order valence-electron chi connectivity index (χ3n) is 5.60. The summed E-state index contributed by atoms with van der Waals surface area (Å²) in [6.45, 7) is 7.79. The fourth-order valence-corrected chi connectivity index (χ4v) is 3.75. The summed E-state index contributed by atoms with van der Waals surface area (Å²) in [5.41, 5.74) is 3.41. The van der Waals surface area contributed by atoms with Gasteiger partial charge in [-0.3, -0.25) is 4.79 Å². The fourth-order valence-electron chi connectivity index (χ4n) is 3.75. The highest BCUT2D eigenvalue weighted by Crippen LogP contribution is 2.24. The number of anilines is 2. The molecule has 0 unspecified atom stereocenters. The number of amides is 1. The molecular formula is C25H27N3O5. The van der Waals surface area contributed by atoms with Crippen LogP contribution in [0.4, 0.5) is 11.4 Å². The minimum atomic E-state index is -1.26. The Hall–Kier alpha value is -3.81. The van der Waals surface area contributed by atoms with E-state index in [1.54, 1.807) is 0 Å². The summed E-state index contributed by atoms with van der Waals surface area (Å²) in [6.07, 6.45) is 1.30. The zero-order chi connectivity index (χ0) is 23.6. The first-order chi connectivity index (χ1) is 15.7. The normalized spacial score (nSPS) is 17.8. The largest absolute Gasteiger partial charge is 0.419 e. The molecule has 2 heterocycles. The van der Waals surface area contributed by atoms with Crippen LogP contribution in [0.2, 0.25) is 0 Å². The summed E-state index contributed by atoms with van der Waals surface area (Å²) in [6, 6.07) is 15.3. The number of carbonyl (C=O) groups excluding carboxylic acids is 3. The maximum atomic E-state index is 12.7. The Morgan fingerprint density at radius 2 is 1.48 bits per heavy atom. The van der Waals surface area contributed by atoms with E-state index in [4.69, 9.17) is 9.47 Å². The first-order valence-corrected chi connectivity index (χ1v) is 10.9. The molecule has 1 N–H and O–H groups in total. The predicted molar refractivity (Wildman–Crippen MR) is 124 cm³/mol. The lowest BCUT2D eigenvalue weighted by molar-refractivity contribution is -0.222. The molecule has 1 amide bonds. The number of carbonyl (C=O) groups is 3. The van der Waals surface area contributed by atoms with Gasteiger partial charge in [0.25, 0.3) is 11.7 Å². The Bertz CT molecular complexity index is 1060. The van der Waals surface area contributed by atoms with Crippen LogP contribution in [0, 0.1) is 6.92 Å². The van der Waals surface area contributed by atoms with Gasteiger partial charge < -0.3 is 24.6 Å². The number of hydrogen-bond acceptors (Lipinski definition) is 7. The van der Waals surface area contributed by atoms with E-state index in [1.807, 2.05) is 60.4 Å². The quantitative estimate of drug-likeness (QED) is 0.436. The van der Waals surface area contributed by atoms with Gasteiger partial charge in [-0.2, -0.15) is 0 Å². The van der Waals surface area contributed by atoms with E-state index in [0.29, 0.717) is 24.3 Å². The van der Waals surface area contributed by atoms with Crippen LogP contribution < -0.4 is 10.2 Å². The van der Waals surface area contributed by atoms with Crippen molar-refractivity contribution < 1.29 is 23.9 Å². The van der Waals surface area contributed by atoms with Crippen LogP contribution in [0.5, 0.6) is 0 Å². The zero-order valence-electron chi connectivity index (χ0n) is 19.0. The van der Waals surface area contributed by atoms with Gasteiger partial charge >= 0.3 is 11.9 Å². The van der Waals surface area contributed by atoms with Gasteiger partial charge in [0.1, 0.15) is 0 Å². The van der Waals surface area contributed by atoms with Crippen molar-refractivity contribution in [2.75, 3.05) is 36.4 Å². The molecule has 0 aromatic heterocycles. The topological polar surface area (TPSA) is 88.2 Å². The summed E-state index contributed by atoms with van der Waals surface area (Å²) in [4.78, 5) is 40.8. The maximum absolute atomic E-state index is 12.7. The van der Waals surface area contributed by atoms with Crippen LogP contribution in [-0.4, -0.2) is 54.7 Å². The molecule has 0 bridgehead atoms. The number of cyclic esters (lactones) is 2. The Balaban J connectivity index is 1.33. The molecule has 0 radical (unpaired) electrons. The van der Waals surface area contributed by atoms with Crippen LogP contribution in [0.1, 0.15) is 29.8 Å². The minimum absolute atomic E-state index is 0.0605. The number of nitrogens with one attached hydrogen (secondary N) is 1. The third-order valence-corrected chi connectivity index (χ3v) is 5.60. The van der Waals surface area contributed by atoms with Crippen molar-refractivity contribution in [2.24, 2.45) is 0 Å². The number of hydrogen-bond donors (Lipinski definition) is 1. The Kier molecular flexibility index (Phi) is 6.09. The molecule has 33 heavy (non-hydrogen) atoms. The molecule has 2 aromatic rings. The minimum Gasteiger partial charge on any atom is -0.419 e. The lowest BCUT2D eigenvalue weighted by atomic mass is 10.1. The molecule has 4 rings (SSSR count). The molecule has 0 atom stereocenters. The Morgan fingerprint density at radius 3 is 2.06 bits per heavy atom. The van der Waals surface area contributed by atoms with Crippen molar-refractivity contribution in [3.63, 3.8) is 0 Å². The average Bonchev–Trinajstić information content (AvgIpc) is 2.78. The summed E-state index contributed by atoms with van der Waals surface area (Å²) < 4.78 is 10.2. The summed E-state index contributed by atoms with van der Waals surface area (Å²) in [7, 11) is 0. The average molecular weight is 450 g/mol. The lowest BCUT2D eigenvalue weighted by Crippen LogP contribution is -2.48. The molecule has 2 aromatic carbocycles. The molecule has 2 aliphatic heterocycles. The monoisotopic (exact) mass is 449 g/mol. The van der Waals surface area contributed by atoms with E-state index < -0.39 is 17.7 Å². The number of rotatable bonds is 4. The first kappa shape index (κ1) is 22.4. The zero-order valence-corrected chi connectivity index (χ0v) is 19.0. The number of esters is 2. The van der Waals surface area contributed by atoms with Gasteiger partial charge in [-0.05, 0) is 43.3 Å². The smallest absolute Gasteiger partial charge is 0.350 e. The molecule has 2 fully saturated rings. The number of piperazine rings is 1. The van der Waals surface area contributed by atoms with Crippen LogP contribution in [0.15, 0.2) is 60.3 Å². The van der Waals surface area contributed by atoms with Gasteiger partial charge in [0, 0.05) is 63.2 Å². The number of benzene rings is 2. The molecule has 0 saturated carbocycles. The second-order valence-corrected chi connectivity index (χ2v) is 8.57. The lowest BCUT2D eigenvalue weighted by Gasteiger charge is -2.36. The molecule has 2 aliphatic rings. The van der Waals surface area contributed by atoms with Crippen LogP contribution in [0.3, 0.4) is 0 Å². The number of ether oxygens (including phenoxy) is 2. The molecule has 2 saturated heterocycles. The summed E-state index contributed by atoms with van der Waals surface area (Å²) >= 11 is 0. The van der Waals surface area contributed by atoms with E-state index in [0.717, 1.165) is 24.3 Å². The molecule has 8 heteroatoms. The standard InChI is InChI=1S/C25H27N3O5/c1-17-4-6-18(7-5-17)22(29)28-14-12-27(13-15-28)20-10-8-19(9-11-20)26-16-21-23(30)32-25(2,3)33-24(21)31/h4-11,16,26H,12-15H2,1-3H3. The van der Waals surface area contributed by atoms with Crippen LogP contribution in [-0.2, 0) is 19.1 Å². The number of aryl methyl sites for hydroxylation is 1. The third kappa shape index (κ3) is 5.16. The second kappa shape index (κ2) is 8.97. The van der Waals surface area contributed by atoms with E-state index in [1.165, 1.54) is 20.0 Å². The second-order valence-electron chi connectivity index (χ2n) is 8.57. The van der Waals surface area contributed by atoms with Gasteiger partial charge in [-0.25, -0.2) is 9.59 Å².